The predicted octanol–water partition coefficient (Wildman–Crippen LogP) is 2.71. The summed E-state index contributed by atoms with van der Waals surface area (Å²) < 4.78 is 0. The number of likely N-dealkylation sites (N-methyl/N-ethyl adjacent to an activating group) is 1. The molecule has 0 aliphatic carbocycles. The van der Waals surface area contributed by atoms with Crippen LogP contribution < -0.4 is 0 Å². The molecule has 5 nitrogen and oxygen atoms in total. The molecule has 2 saturated heterocycles. The molecule has 0 bridgehead atoms. The minimum Gasteiger partial charge on any atom is -0.341 e. The van der Waals surface area contributed by atoms with Crippen LogP contribution in [0.25, 0.3) is 0 Å². The fraction of sp³-hybridized carbons (Fsp3) is 0.636. The molecule has 0 saturated carbocycles. The molecule has 2 amide bonds. The van der Waals surface area contributed by atoms with Crippen molar-refractivity contribution >= 4 is 11.8 Å². The van der Waals surface area contributed by atoms with Crippen molar-refractivity contribution in [1.29, 1.82) is 0 Å². The fourth-order valence-corrected chi connectivity index (χ4v) is 4.50. The van der Waals surface area contributed by atoms with E-state index in [1.54, 1.807) is 0 Å². The zero-order valence-electron chi connectivity index (χ0n) is 17.3. The largest absolute Gasteiger partial charge is 0.341 e. The fourth-order valence-electron chi connectivity index (χ4n) is 4.50. The van der Waals surface area contributed by atoms with E-state index in [1.165, 1.54) is 0 Å². The normalized spacial score (nSPS) is 19.8. The maximum Gasteiger partial charge on any atom is 0.253 e. The van der Waals surface area contributed by atoms with Crippen LogP contribution in [-0.4, -0.2) is 73.3 Å². The van der Waals surface area contributed by atoms with Crippen LogP contribution in [0.1, 0.15) is 47.2 Å². The summed E-state index contributed by atoms with van der Waals surface area (Å²) in [5, 5.41) is 0. The Balaban J connectivity index is 1.62. The highest BCUT2D eigenvalue weighted by atomic mass is 16.2. The summed E-state index contributed by atoms with van der Waals surface area (Å²) in [6, 6.07) is 6.08. The van der Waals surface area contributed by atoms with E-state index in [2.05, 4.69) is 11.0 Å². The molecule has 148 valence electrons. The van der Waals surface area contributed by atoms with Gasteiger partial charge in [0.25, 0.3) is 5.91 Å². The van der Waals surface area contributed by atoms with Crippen molar-refractivity contribution in [2.45, 2.75) is 39.5 Å². The first-order chi connectivity index (χ1) is 12.8. The minimum absolute atomic E-state index is 0.146. The maximum absolute atomic E-state index is 12.9. The number of rotatable bonds is 4. The summed E-state index contributed by atoms with van der Waals surface area (Å²) in [5.74, 6) is 0.434. The lowest BCUT2D eigenvalue weighted by Gasteiger charge is -2.47. The number of nitrogens with zero attached hydrogens (tertiary/aromatic N) is 3. The molecular formula is C22H33N3O2. The van der Waals surface area contributed by atoms with Crippen LogP contribution >= 0.6 is 0 Å². The van der Waals surface area contributed by atoms with Crippen molar-refractivity contribution < 1.29 is 9.59 Å². The highest BCUT2D eigenvalue weighted by Crippen LogP contribution is 2.40. The Morgan fingerprint density at radius 3 is 2.30 bits per heavy atom. The first-order valence-electron chi connectivity index (χ1n) is 10.1. The summed E-state index contributed by atoms with van der Waals surface area (Å²) >= 11 is 0. The van der Waals surface area contributed by atoms with Gasteiger partial charge in [-0.15, -0.1) is 0 Å². The quantitative estimate of drug-likeness (QED) is 0.817. The van der Waals surface area contributed by atoms with Gasteiger partial charge in [0.05, 0.1) is 0 Å². The molecule has 2 heterocycles. The summed E-state index contributed by atoms with van der Waals surface area (Å²) in [6.07, 6.45) is 3.61. The molecule has 0 atom stereocenters. The monoisotopic (exact) mass is 371 g/mol. The highest BCUT2D eigenvalue weighted by molar-refractivity contribution is 5.94. The number of piperidine rings is 2. The molecule has 27 heavy (non-hydrogen) atoms. The van der Waals surface area contributed by atoms with E-state index in [4.69, 9.17) is 0 Å². The van der Waals surface area contributed by atoms with Crippen LogP contribution in [-0.2, 0) is 4.79 Å². The first-order valence-corrected chi connectivity index (χ1v) is 10.1. The molecule has 3 rings (SSSR count). The zero-order chi connectivity index (χ0) is 19.6. The molecule has 1 aromatic carbocycles. The number of amides is 2. The number of benzene rings is 1. The molecule has 2 aliphatic rings. The average molecular weight is 372 g/mol. The van der Waals surface area contributed by atoms with Gasteiger partial charge >= 0.3 is 0 Å². The van der Waals surface area contributed by atoms with E-state index in [0.717, 1.165) is 68.7 Å². The summed E-state index contributed by atoms with van der Waals surface area (Å²) in [7, 11) is 4.09. The van der Waals surface area contributed by atoms with E-state index >= 15 is 0 Å². The second-order valence-corrected chi connectivity index (χ2v) is 8.79. The Labute approximate surface area is 163 Å². The number of aryl methyl sites for hydroxylation is 2. The molecule has 2 fully saturated rings. The van der Waals surface area contributed by atoms with Gasteiger partial charge in [-0.3, -0.25) is 9.59 Å². The smallest absolute Gasteiger partial charge is 0.253 e. The molecule has 1 aromatic rings. The van der Waals surface area contributed by atoms with Crippen molar-refractivity contribution in [3.05, 3.63) is 34.9 Å². The third-order valence-corrected chi connectivity index (χ3v) is 6.15. The van der Waals surface area contributed by atoms with Gasteiger partial charge in [0.2, 0.25) is 5.91 Å². The topological polar surface area (TPSA) is 43.9 Å². The maximum atomic E-state index is 12.9. The van der Waals surface area contributed by atoms with Crippen molar-refractivity contribution in [3.8, 4) is 0 Å². The van der Waals surface area contributed by atoms with Crippen LogP contribution in [0.4, 0.5) is 0 Å². The van der Waals surface area contributed by atoms with Crippen molar-refractivity contribution in [1.82, 2.24) is 14.7 Å². The highest BCUT2D eigenvalue weighted by Gasteiger charge is 2.41. The molecular weight excluding hydrogens is 338 g/mol. The van der Waals surface area contributed by atoms with E-state index < -0.39 is 0 Å². The number of carbonyl (C=O) groups excluding carboxylic acids is 2. The third-order valence-electron chi connectivity index (χ3n) is 6.15. The lowest BCUT2D eigenvalue weighted by atomic mass is 9.72. The lowest BCUT2D eigenvalue weighted by molar-refractivity contribution is -0.139. The standard InChI is InChI=1S/C22H33N3O2/c1-17-13-18(2)15-19(14-17)21(27)24-9-7-22(8-10-24)6-5-20(26)25(16-22)12-11-23(3)4/h13-15H,5-12,16H2,1-4H3. The molecule has 0 unspecified atom stereocenters. The first kappa shape index (κ1) is 19.9. The number of carbonyl (C=O) groups is 2. The molecule has 2 aliphatic heterocycles. The van der Waals surface area contributed by atoms with Crippen LogP contribution in [0.5, 0.6) is 0 Å². The molecule has 1 spiro atoms. The predicted molar refractivity (Wildman–Crippen MR) is 108 cm³/mol. The van der Waals surface area contributed by atoms with Gasteiger partial charge in [0, 0.05) is 44.7 Å². The second kappa shape index (κ2) is 8.01. The van der Waals surface area contributed by atoms with Gasteiger partial charge in [0.15, 0.2) is 0 Å². The number of hydrogen-bond acceptors (Lipinski definition) is 3. The van der Waals surface area contributed by atoms with Crippen LogP contribution in [0, 0.1) is 19.3 Å². The Bertz CT molecular complexity index is 685. The Hall–Kier alpha value is -1.88. The van der Waals surface area contributed by atoms with Gasteiger partial charge in [-0.05, 0) is 64.8 Å². The van der Waals surface area contributed by atoms with Crippen LogP contribution in [0.15, 0.2) is 18.2 Å². The van der Waals surface area contributed by atoms with Crippen molar-refractivity contribution in [2.24, 2.45) is 5.41 Å². The van der Waals surface area contributed by atoms with Gasteiger partial charge in [-0.2, -0.15) is 0 Å². The van der Waals surface area contributed by atoms with E-state index in [-0.39, 0.29) is 17.2 Å². The second-order valence-electron chi connectivity index (χ2n) is 8.79. The summed E-state index contributed by atoms with van der Waals surface area (Å²) in [6.45, 7) is 8.22. The molecule has 0 N–H and O–H groups in total. The summed E-state index contributed by atoms with van der Waals surface area (Å²) in [4.78, 5) is 31.4. The van der Waals surface area contributed by atoms with E-state index in [9.17, 15) is 9.59 Å². The summed E-state index contributed by atoms with van der Waals surface area (Å²) in [5.41, 5.74) is 3.26. The molecule has 0 radical (unpaired) electrons. The van der Waals surface area contributed by atoms with E-state index in [0.29, 0.717) is 6.42 Å². The van der Waals surface area contributed by atoms with Gasteiger partial charge < -0.3 is 14.7 Å². The molecule has 5 heteroatoms. The van der Waals surface area contributed by atoms with Crippen LogP contribution in [0.3, 0.4) is 0 Å². The van der Waals surface area contributed by atoms with Gasteiger partial charge in [0.1, 0.15) is 0 Å². The third kappa shape index (κ3) is 4.70. The Morgan fingerprint density at radius 1 is 1.07 bits per heavy atom. The van der Waals surface area contributed by atoms with Gasteiger partial charge in [-0.25, -0.2) is 0 Å². The average Bonchev–Trinajstić information content (AvgIpc) is 2.62. The number of hydrogen-bond donors (Lipinski definition) is 0. The SMILES string of the molecule is Cc1cc(C)cc(C(=O)N2CCC3(CCC(=O)N(CCN(C)C)C3)CC2)c1. The lowest BCUT2D eigenvalue weighted by Crippen LogP contribution is -2.53. The van der Waals surface area contributed by atoms with Crippen molar-refractivity contribution in [2.75, 3.05) is 46.8 Å². The van der Waals surface area contributed by atoms with E-state index in [1.807, 2.05) is 49.9 Å². The molecule has 0 aromatic heterocycles. The Kier molecular flexibility index (Phi) is 5.89. The minimum atomic E-state index is 0.146. The Morgan fingerprint density at radius 2 is 1.70 bits per heavy atom. The van der Waals surface area contributed by atoms with Crippen LogP contribution in [0.2, 0.25) is 0 Å². The van der Waals surface area contributed by atoms with Crippen molar-refractivity contribution in [3.63, 3.8) is 0 Å². The zero-order valence-corrected chi connectivity index (χ0v) is 17.3. The van der Waals surface area contributed by atoms with Gasteiger partial charge in [-0.1, -0.05) is 17.2 Å². The number of likely N-dealkylation sites (tertiary alicyclic amines) is 2.